The van der Waals surface area contributed by atoms with Crippen molar-refractivity contribution in [2.45, 2.75) is 5.88 Å². The summed E-state index contributed by atoms with van der Waals surface area (Å²) in [6.07, 6.45) is 1.71. The van der Waals surface area contributed by atoms with E-state index in [0.29, 0.717) is 11.1 Å². The molecule has 0 spiro atoms. The minimum absolute atomic E-state index is 0.512. The van der Waals surface area contributed by atoms with Gasteiger partial charge in [-0.15, -0.1) is 11.6 Å². The largest absolute Gasteiger partial charge is 0.399 e. The number of halogens is 2. The Morgan fingerprint density at radius 3 is 3.00 bits per heavy atom. The van der Waals surface area contributed by atoms with Crippen LogP contribution >= 0.6 is 45.9 Å². The summed E-state index contributed by atoms with van der Waals surface area (Å²) in [7, 11) is 0. The average molecular weight is 275 g/mol. The highest BCUT2D eigenvalue weighted by Gasteiger charge is 1.98. The fourth-order valence-electron chi connectivity index (χ4n) is 0.387. The minimum atomic E-state index is 0.512. The zero-order chi connectivity index (χ0) is 6.69. The van der Waals surface area contributed by atoms with Crippen LogP contribution in [0.2, 0.25) is 0 Å². The van der Waals surface area contributed by atoms with Gasteiger partial charge in [0.15, 0.2) is 23.0 Å². The Bertz CT molecular complexity index is 174. The van der Waals surface area contributed by atoms with Crippen molar-refractivity contribution in [1.82, 2.24) is 4.98 Å². The zero-order valence-electron chi connectivity index (χ0n) is 4.30. The Labute approximate surface area is 75.9 Å². The summed E-state index contributed by atoms with van der Waals surface area (Å²) in [6.45, 7) is 0. The molecular formula is C4H3ClINOS. The second kappa shape index (κ2) is 3.58. The van der Waals surface area contributed by atoms with Crippen molar-refractivity contribution in [2.24, 2.45) is 0 Å². The lowest BCUT2D eigenvalue weighted by molar-refractivity contribution is 0.707. The van der Waals surface area contributed by atoms with Crippen LogP contribution in [-0.4, -0.2) is 4.98 Å². The highest BCUT2D eigenvalue weighted by Crippen LogP contribution is 2.22. The van der Waals surface area contributed by atoms with E-state index in [-0.39, 0.29) is 0 Å². The van der Waals surface area contributed by atoms with E-state index in [9.17, 15) is 0 Å². The summed E-state index contributed by atoms with van der Waals surface area (Å²) in [5.41, 5.74) is 0. The van der Waals surface area contributed by atoms with Crippen molar-refractivity contribution >= 4 is 45.9 Å². The quantitative estimate of drug-likeness (QED) is 0.611. The van der Waals surface area contributed by atoms with Crippen LogP contribution in [0.1, 0.15) is 4.88 Å². The molecule has 0 aliphatic heterocycles. The Hall–Kier alpha value is 0.450. The molecule has 0 aliphatic rings. The zero-order valence-corrected chi connectivity index (χ0v) is 8.03. The Morgan fingerprint density at radius 2 is 2.67 bits per heavy atom. The molecule has 0 radical (unpaired) electrons. The summed E-state index contributed by atoms with van der Waals surface area (Å²) in [6, 6.07) is 0. The normalized spacial score (nSPS) is 9.56. The Kier molecular flexibility index (Phi) is 3.00. The van der Waals surface area contributed by atoms with Gasteiger partial charge in [-0.2, -0.15) is 0 Å². The van der Waals surface area contributed by atoms with E-state index >= 15 is 0 Å². The third kappa shape index (κ3) is 1.94. The maximum Gasteiger partial charge on any atom is 0.283 e. The average Bonchev–Trinajstić information content (AvgIpc) is 2.34. The van der Waals surface area contributed by atoms with Gasteiger partial charge in [-0.05, 0) is 0 Å². The molecule has 50 valence electrons. The van der Waals surface area contributed by atoms with Crippen LogP contribution in [-0.2, 0) is 5.88 Å². The third-order valence-electron chi connectivity index (χ3n) is 0.730. The molecule has 2 nitrogen and oxygen atoms in total. The Morgan fingerprint density at radius 1 is 1.89 bits per heavy atom. The lowest BCUT2D eigenvalue weighted by Gasteiger charge is -1.82. The van der Waals surface area contributed by atoms with E-state index in [2.05, 4.69) is 4.98 Å². The van der Waals surface area contributed by atoms with Gasteiger partial charge in [0.2, 0.25) is 0 Å². The van der Waals surface area contributed by atoms with E-state index in [1.165, 1.54) is 11.3 Å². The van der Waals surface area contributed by atoms with Crippen LogP contribution in [0.25, 0.3) is 0 Å². The van der Waals surface area contributed by atoms with E-state index in [4.69, 9.17) is 14.7 Å². The fourth-order valence-corrected chi connectivity index (χ4v) is 1.52. The van der Waals surface area contributed by atoms with Gasteiger partial charge in [0.25, 0.3) is 5.19 Å². The van der Waals surface area contributed by atoms with Gasteiger partial charge in [-0.25, -0.2) is 4.98 Å². The third-order valence-corrected chi connectivity index (χ3v) is 2.77. The van der Waals surface area contributed by atoms with Gasteiger partial charge in [0, 0.05) is 11.1 Å². The minimum Gasteiger partial charge on any atom is -0.399 e. The number of alkyl halides is 1. The topological polar surface area (TPSA) is 22.1 Å². The first-order valence-corrected chi connectivity index (χ1v) is 4.39. The van der Waals surface area contributed by atoms with Crippen molar-refractivity contribution in [3.8, 4) is 5.19 Å². The standard InChI is InChI=1S/C4H3ClINOS/c5-1-3-2-7-4(8-6)9-3/h2H,1H2. The predicted octanol–water partition coefficient (Wildman–Crippen LogP) is 2.61. The molecule has 1 rings (SSSR count). The molecule has 0 saturated heterocycles. The van der Waals surface area contributed by atoms with Crippen LogP contribution in [0.5, 0.6) is 5.19 Å². The molecule has 1 aromatic heterocycles. The second-order valence-electron chi connectivity index (χ2n) is 1.30. The molecule has 0 amide bonds. The molecule has 1 aromatic rings. The smallest absolute Gasteiger partial charge is 0.283 e. The van der Waals surface area contributed by atoms with Crippen molar-refractivity contribution < 1.29 is 3.07 Å². The molecule has 1 heterocycles. The molecule has 0 aliphatic carbocycles. The van der Waals surface area contributed by atoms with Crippen LogP contribution in [0.4, 0.5) is 0 Å². The summed E-state index contributed by atoms with van der Waals surface area (Å²) in [5, 5.41) is 0.659. The molecule has 0 saturated carbocycles. The summed E-state index contributed by atoms with van der Waals surface area (Å²) in [4.78, 5) is 4.94. The first-order valence-electron chi connectivity index (χ1n) is 2.16. The first kappa shape index (κ1) is 7.56. The monoisotopic (exact) mass is 275 g/mol. The summed E-state index contributed by atoms with van der Waals surface area (Å²) >= 11 is 8.76. The number of thiazole rings is 1. The van der Waals surface area contributed by atoms with Crippen molar-refractivity contribution in [3.05, 3.63) is 11.1 Å². The molecule has 9 heavy (non-hydrogen) atoms. The molecule has 0 N–H and O–H groups in total. The van der Waals surface area contributed by atoms with E-state index in [0.717, 1.165) is 4.88 Å². The lowest BCUT2D eigenvalue weighted by Crippen LogP contribution is -1.65. The fraction of sp³-hybridized carbons (Fsp3) is 0.250. The molecule has 0 bridgehead atoms. The number of aromatic nitrogens is 1. The summed E-state index contributed by atoms with van der Waals surface area (Å²) in [5.74, 6) is 0.512. The predicted molar refractivity (Wildman–Crippen MR) is 46.3 cm³/mol. The molecule has 0 fully saturated rings. The number of hydrogen-bond donors (Lipinski definition) is 0. The number of nitrogens with zero attached hydrogens (tertiary/aromatic N) is 1. The lowest BCUT2D eigenvalue weighted by atomic mass is 10.6. The van der Waals surface area contributed by atoms with Crippen LogP contribution in [0, 0.1) is 0 Å². The SMILES string of the molecule is ClCc1cnc(OI)s1. The highest BCUT2D eigenvalue weighted by atomic mass is 127. The number of hydrogen-bond acceptors (Lipinski definition) is 3. The van der Waals surface area contributed by atoms with Gasteiger partial charge < -0.3 is 3.07 Å². The molecule has 0 aromatic carbocycles. The van der Waals surface area contributed by atoms with E-state index in [1.54, 1.807) is 29.2 Å². The van der Waals surface area contributed by atoms with Gasteiger partial charge in [-0.1, -0.05) is 11.3 Å². The van der Waals surface area contributed by atoms with Crippen molar-refractivity contribution in [2.75, 3.05) is 0 Å². The molecule has 5 heteroatoms. The van der Waals surface area contributed by atoms with Gasteiger partial charge in [-0.3, -0.25) is 0 Å². The van der Waals surface area contributed by atoms with Crippen LogP contribution in [0.15, 0.2) is 6.20 Å². The maximum atomic E-state index is 5.51. The highest BCUT2D eigenvalue weighted by molar-refractivity contribution is 14.1. The second-order valence-corrected chi connectivity index (χ2v) is 3.09. The van der Waals surface area contributed by atoms with Gasteiger partial charge in [0.1, 0.15) is 0 Å². The van der Waals surface area contributed by atoms with Crippen molar-refractivity contribution in [1.29, 1.82) is 0 Å². The van der Waals surface area contributed by atoms with E-state index < -0.39 is 0 Å². The van der Waals surface area contributed by atoms with Gasteiger partial charge >= 0.3 is 0 Å². The van der Waals surface area contributed by atoms with Crippen LogP contribution in [0.3, 0.4) is 0 Å². The molecule has 0 atom stereocenters. The summed E-state index contributed by atoms with van der Waals surface area (Å²) < 4.78 is 4.82. The molecular weight excluding hydrogens is 272 g/mol. The molecule has 0 unspecified atom stereocenters. The first-order chi connectivity index (χ1) is 4.36. The maximum absolute atomic E-state index is 5.51. The van der Waals surface area contributed by atoms with Gasteiger partial charge in [0.05, 0.1) is 5.88 Å². The Balaban J connectivity index is 2.74. The number of rotatable bonds is 2. The van der Waals surface area contributed by atoms with Crippen LogP contribution < -0.4 is 3.07 Å². The van der Waals surface area contributed by atoms with Crippen molar-refractivity contribution in [3.63, 3.8) is 0 Å². The van der Waals surface area contributed by atoms with E-state index in [1.807, 2.05) is 0 Å².